The van der Waals surface area contributed by atoms with E-state index in [1.807, 2.05) is 27.7 Å². The van der Waals surface area contributed by atoms with Crippen LogP contribution in [0, 0.1) is 52.1 Å². The quantitative estimate of drug-likeness (QED) is 0.0297. The Kier molecular flexibility index (Phi) is 32.9. The summed E-state index contributed by atoms with van der Waals surface area (Å²) in [5, 5.41) is 17.2. The highest BCUT2D eigenvalue weighted by atomic mass is 35.5. The van der Waals surface area contributed by atoms with Gasteiger partial charge in [0.15, 0.2) is 38.5 Å². The van der Waals surface area contributed by atoms with E-state index in [1.54, 1.807) is 37.5 Å². The molecule has 24 nitrogen and oxygen atoms in total. The number of aromatic carboxylic acids is 1. The molecule has 1 aliphatic heterocycles. The molecule has 0 spiro atoms. The van der Waals surface area contributed by atoms with Gasteiger partial charge in [-0.05, 0) is 173 Å². The van der Waals surface area contributed by atoms with Crippen LogP contribution in [0.4, 0.5) is 93.5 Å². The topological polar surface area (TPSA) is 391 Å². The van der Waals surface area contributed by atoms with Crippen LogP contribution in [0.15, 0.2) is 198 Å². The number of rotatable bonds is 16. The maximum atomic E-state index is 14.2. The van der Waals surface area contributed by atoms with Crippen LogP contribution < -0.4 is 45.2 Å². The van der Waals surface area contributed by atoms with E-state index in [4.69, 9.17) is 83.1 Å². The van der Waals surface area contributed by atoms with Crippen LogP contribution in [0.3, 0.4) is 0 Å². The standard InChI is InChI=1S/C26H19F5N4O2.C20H13ClF5N3O.C12H18BNO3.C11H10ClFN4.C11H6ClFN4.C8H4F4O2/c1-35-13-15(7-12-21(35)37)24-23(14-5-8-16(27)9-6-14)34-25(32)19(33-24)10-11-20(36)22-17(26(29,30)31)3-2-4-18(22)28;21-18-17(10-4-6-11(22)7-5-10)29-19(27)14(28-18)8-9-15(30)16-12(20(24,25)26)2-1-3-13(16)23;1-11(2)12(3,4)17-13(16-11)9-6-7-10(15)14(5)8-9;2*12-10-9(6-1-3-7(13)4-2-6)17-11(15)8(5-14)16-10;9-5-3-1-2-4(8(10,11)12)6(5)7(13)14/h2-9,12-13H,10-11H2,1H3,(H2,32,34);1-7H,8-9H2,(H2,27,29);6-8H,1-5H3;1-4H,5,14H2,(H2,15,17);1-4H,(H2,15,17);1-3H,(H,13,14). The van der Waals surface area contributed by atoms with Gasteiger partial charge in [0.05, 0.1) is 67.5 Å². The van der Waals surface area contributed by atoms with E-state index < -0.39 is 118 Å². The van der Waals surface area contributed by atoms with Crippen LogP contribution in [0.1, 0.15) is 111 Å². The van der Waals surface area contributed by atoms with Gasteiger partial charge in [0.2, 0.25) is 11.1 Å². The van der Waals surface area contributed by atoms with Gasteiger partial charge < -0.3 is 52.2 Å². The summed E-state index contributed by atoms with van der Waals surface area (Å²) >= 11 is 18.0. The Balaban J connectivity index is 0.000000185. The minimum absolute atomic E-state index is 0.00350. The third-order valence-corrected chi connectivity index (χ3v) is 20.3. The molecule has 686 valence electrons. The van der Waals surface area contributed by atoms with Crippen LogP contribution >= 0.6 is 34.8 Å². The van der Waals surface area contributed by atoms with E-state index in [1.165, 1.54) is 126 Å². The Bertz CT molecular complexity index is 6600. The van der Waals surface area contributed by atoms with Crippen LogP contribution in [0.25, 0.3) is 56.3 Å². The van der Waals surface area contributed by atoms with E-state index in [0.717, 1.165) is 35.8 Å². The lowest BCUT2D eigenvalue weighted by Gasteiger charge is -2.32. The largest absolute Gasteiger partial charge is 0.496 e. The van der Waals surface area contributed by atoms with Crippen molar-refractivity contribution in [3.63, 3.8) is 0 Å². The number of hydrogen-bond acceptors (Lipinski definition) is 21. The first-order valence-electron chi connectivity index (χ1n) is 38.2. The number of hydrogen-bond donors (Lipinski definition) is 6. The fraction of sp³-hybridized carbons (Fsp3) is 0.182. The van der Waals surface area contributed by atoms with Crippen molar-refractivity contribution in [3.05, 3.63) is 321 Å². The Morgan fingerprint density at radius 1 is 0.424 bits per heavy atom. The molecule has 6 aromatic heterocycles. The van der Waals surface area contributed by atoms with Crippen molar-refractivity contribution in [2.75, 3.05) is 22.9 Å². The van der Waals surface area contributed by atoms with Crippen molar-refractivity contribution in [3.8, 4) is 62.4 Å². The molecule has 1 fully saturated rings. The molecule has 0 radical (unpaired) electrons. The first-order valence-corrected chi connectivity index (χ1v) is 39.3. The summed E-state index contributed by atoms with van der Waals surface area (Å²) < 4.78 is 223. The first kappa shape index (κ1) is 102. The Labute approximate surface area is 753 Å². The number of carbonyl (C=O) groups is 3. The molecule has 44 heteroatoms. The van der Waals surface area contributed by atoms with Crippen molar-refractivity contribution in [2.45, 2.75) is 89.7 Å². The number of nitrogens with zero attached hydrogens (tertiary/aromatic N) is 11. The summed E-state index contributed by atoms with van der Waals surface area (Å²) in [4.78, 5) is 91.5. The predicted molar refractivity (Wildman–Crippen MR) is 460 cm³/mol. The van der Waals surface area contributed by atoms with E-state index in [2.05, 4.69) is 39.9 Å². The molecule has 0 atom stereocenters. The number of aryl methyl sites for hydroxylation is 4. The second-order valence-electron chi connectivity index (χ2n) is 29.1. The number of carboxylic acid groups (broad SMARTS) is 1. The van der Waals surface area contributed by atoms with Crippen molar-refractivity contribution in [1.29, 1.82) is 5.26 Å². The van der Waals surface area contributed by atoms with Gasteiger partial charge in [-0.3, -0.25) is 19.2 Å². The monoisotopic (exact) mass is 1900 g/mol. The summed E-state index contributed by atoms with van der Waals surface area (Å²) in [6, 6.07) is 36.4. The normalized spacial score (nSPS) is 12.5. The summed E-state index contributed by atoms with van der Waals surface area (Å²) in [5.41, 5.74) is 25.4. The summed E-state index contributed by atoms with van der Waals surface area (Å²) in [7, 11) is 2.84. The number of nitrogen functional groups attached to an aromatic ring is 4. The average Bonchev–Trinajstić information content (AvgIpc) is 1.57. The van der Waals surface area contributed by atoms with E-state index in [0.29, 0.717) is 69.2 Å². The van der Waals surface area contributed by atoms with Gasteiger partial charge in [0, 0.05) is 98.7 Å². The van der Waals surface area contributed by atoms with Crippen LogP contribution in [-0.4, -0.2) is 90.0 Å². The number of Topliss-reactive ketones (excluding diaryl/α,β-unsaturated/α-hetero) is 2. The zero-order chi connectivity index (χ0) is 97.6. The van der Waals surface area contributed by atoms with Gasteiger partial charge in [0.1, 0.15) is 86.9 Å². The number of nitriles is 1. The van der Waals surface area contributed by atoms with E-state index in [-0.39, 0.29) is 126 Å². The minimum atomic E-state index is -4.92. The van der Waals surface area contributed by atoms with Gasteiger partial charge in [-0.15, -0.1) is 0 Å². The van der Waals surface area contributed by atoms with Gasteiger partial charge in [-0.2, -0.15) is 44.8 Å². The molecule has 132 heavy (non-hydrogen) atoms. The zero-order valence-corrected chi connectivity index (χ0v) is 71.6. The smallest absolute Gasteiger partial charge is 0.478 e. The zero-order valence-electron chi connectivity index (χ0n) is 69.3. The molecule has 0 amide bonds. The maximum absolute atomic E-state index is 14.2. The third-order valence-electron chi connectivity index (χ3n) is 19.5. The number of carboxylic acids is 1. The molecule has 1 aliphatic rings. The number of benzene rings is 7. The number of pyridine rings is 2. The van der Waals surface area contributed by atoms with Gasteiger partial charge >= 0.3 is 31.6 Å². The lowest BCUT2D eigenvalue weighted by atomic mass is 9.80. The summed E-state index contributed by atoms with van der Waals surface area (Å²) in [5.74, 6) is -9.61. The number of alkyl halides is 9. The van der Waals surface area contributed by atoms with Crippen molar-refractivity contribution in [1.82, 2.24) is 49.0 Å². The predicted octanol–water partition coefficient (Wildman–Crippen LogP) is 18.3. The van der Waals surface area contributed by atoms with Crippen LogP contribution in [0.2, 0.25) is 15.5 Å². The number of anilines is 4. The Morgan fingerprint density at radius 2 is 0.735 bits per heavy atom. The molecule has 0 aliphatic carbocycles. The number of halogens is 19. The molecule has 0 unspecified atom stereocenters. The van der Waals surface area contributed by atoms with E-state index >= 15 is 0 Å². The molecule has 11 N–H and O–H groups in total. The second-order valence-corrected chi connectivity index (χ2v) is 30.2. The van der Waals surface area contributed by atoms with Gasteiger partial charge in [-0.25, -0.2) is 75.4 Å². The number of carbonyl (C=O) groups excluding carboxylic acids is 2. The molecule has 7 heterocycles. The SMILES string of the molecule is Cn1cc(-c2nc(CCC(=O)c3c(F)cccc3C(F)(F)F)c(N)nc2-c2ccc(F)cc2)ccc1=O.Cn1cc(B2OC(C)(C)C(C)(C)O2)ccc1=O.N#Cc1nc(Cl)c(-c2ccc(F)cc2)nc1N.NCc1nc(Cl)c(-c2ccc(F)cc2)nc1N.Nc1nc(-c2ccc(F)cc2)c(Cl)nc1CCC(=O)c1c(F)cccc1C(F)(F)F.O=C(O)c1c(F)cccc1C(F)(F)F. The van der Waals surface area contributed by atoms with Gasteiger partial charge in [-0.1, -0.05) is 59.1 Å². The lowest BCUT2D eigenvalue weighted by molar-refractivity contribution is -0.139. The molecular formula is C88H70BCl3F16N16O8. The van der Waals surface area contributed by atoms with Crippen molar-refractivity contribution in [2.24, 2.45) is 19.8 Å². The number of aromatic nitrogens is 10. The molecule has 13 aromatic rings. The molecule has 0 bridgehead atoms. The van der Waals surface area contributed by atoms with Crippen LogP contribution in [-0.2, 0) is 61.3 Å². The Morgan fingerprint density at radius 3 is 1.09 bits per heavy atom. The van der Waals surface area contributed by atoms with E-state index in [9.17, 15) is 94.2 Å². The highest BCUT2D eigenvalue weighted by Crippen LogP contribution is 2.41. The highest BCUT2D eigenvalue weighted by Gasteiger charge is 2.52. The molecule has 1 saturated heterocycles. The maximum Gasteiger partial charge on any atom is 0.496 e. The molecule has 7 aromatic carbocycles. The molecular weight excluding hydrogens is 1830 g/mol. The average molecular weight is 1900 g/mol. The highest BCUT2D eigenvalue weighted by molar-refractivity contribution is 6.62. The Hall–Kier alpha value is -14.0. The van der Waals surface area contributed by atoms with Crippen molar-refractivity contribution >= 4 is 88.2 Å². The van der Waals surface area contributed by atoms with Crippen LogP contribution in [0.5, 0.6) is 0 Å². The number of nitrogens with two attached hydrogens (primary N) is 5. The molecule has 0 saturated carbocycles. The summed E-state index contributed by atoms with van der Waals surface area (Å²) in [6.45, 7) is 8.20. The number of ketones is 2. The van der Waals surface area contributed by atoms with Crippen molar-refractivity contribution < 1.29 is 99.0 Å². The second kappa shape index (κ2) is 42.7. The third kappa shape index (κ3) is 25.5. The fourth-order valence-corrected chi connectivity index (χ4v) is 12.8. The molecule has 14 rings (SSSR count). The fourth-order valence-electron chi connectivity index (χ4n) is 12.1. The minimum Gasteiger partial charge on any atom is -0.478 e. The van der Waals surface area contributed by atoms with Gasteiger partial charge in [0.25, 0.3) is 0 Å². The first-order chi connectivity index (χ1) is 61.8. The summed E-state index contributed by atoms with van der Waals surface area (Å²) in [6.07, 6.45) is -12.9. The lowest BCUT2D eigenvalue weighted by Crippen LogP contribution is -2.41.